The summed E-state index contributed by atoms with van der Waals surface area (Å²) in [6, 6.07) is 3.95. The van der Waals surface area contributed by atoms with Crippen LogP contribution in [0.1, 0.15) is 42.3 Å². The number of halogens is 4. The lowest BCUT2D eigenvalue weighted by Gasteiger charge is -2.17. The summed E-state index contributed by atoms with van der Waals surface area (Å²) in [5.41, 5.74) is 0.139. The van der Waals surface area contributed by atoms with Gasteiger partial charge in [-0.2, -0.15) is 13.2 Å². The van der Waals surface area contributed by atoms with E-state index in [4.69, 9.17) is 9.15 Å². The van der Waals surface area contributed by atoms with E-state index >= 15 is 0 Å². The van der Waals surface area contributed by atoms with Gasteiger partial charge in [-0.1, -0.05) is 6.07 Å². The van der Waals surface area contributed by atoms with E-state index in [-0.39, 0.29) is 54.5 Å². The van der Waals surface area contributed by atoms with Crippen LogP contribution in [0.5, 0.6) is 5.75 Å². The smallest absolute Gasteiger partial charge is 0.416 e. The summed E-state index contributed by atoms with van der Waals surface area (Å²) in [7, 11) is 1.53. The molecule has 6 nitrogen and oxygen atoms in total. The highest BCUT2D eigenvalue weighted by Crippen LogP contribution is 2.34. The lowest BCUT2D eigenvalue weighted by molar-refractivity contribution is -0.138. The molecule has 0 aliphatic carbocycles. The van der Waals surface area contributed by atoms with Crippen molar-refractivity contribution in [1.82, 2.24) is 15.6 Å². The van der Waals surface area contributed by atoms with Crippen LogP contribution in [-0.4, -0.2) is 24.1 Å². The molecule has 0 fully saturated rings. The fraction of sp³-hybridized carbons (Fsp3) is 0.474. The van der Waals surface area contributed by atoms with Crippen molar-refractivity contribution < 1.29 is 22.3 Å². The zero-order valence-corrected chi connectivity index (χ0v) is 19.3. The van der Waals surface area contributed by atoms with Crippen molar-refractivity contribution in [2.24, 2.45) is 4.99 Å². The molecule has 162 valence electrons. The van der Waals surface area contributed by atoms with Gasteiger partial charge >= 0.3 is 6.18 Å². The van der Waals surface area contributed by atoms with Gasteiger partial charge in [0.2, 0.25) is 5.89 Å². The van der Waals surface area contributed by atoms with Crippen LogP contribution in [0.3, 0.4) is 0 Å². The van der Waals surface area contributed by atoms with Gasteiger partial charge in [0.1, 0.15) is 11.5 Å². The first-order chi connectivity index (χ1) is 13.1. The molecule has 0 aliphatic heterocycles. The molecule has 0 unspecified atom stereocenters. The Balaban J connectivity index is 0.00000420. The summed E-state index contributed by atoms with van der Waals surface area (Å²) in [5, 5.41) is 5.85. The number of guanidine groups is 1. The number of nitrogens with one attached hydrogen (secondary N) is 2. The molecule has 2 N–H and O–H groups in total. The molecule has 29 heavy (non-hydrogen) atoms. The second kappa shape index (κ2) is 10.7. The van der Waals surface area contributed by atoms with Crippen LogP contribution in [0.15, 0.2) is 27.6 Å². The Kier molecular flexibility index (Phi) is 9.24. The maximum Gasteiger partial charge on any atom is 0.416 e. The topological polar surface area (TPSA) is 71.7 Å². The van der Waals surface area contributed by atoms with Crippen LogP contribution in [0.2, 0.25) is 0 Å². The first kappa shape index (κ1) is 25.1. The van der Waals surface area contributed by atoms with Gasteiger partial charge in [0.05, 0.1) is 23.9 Å². The number of ether oxygens (including phenoxy) is 1. The highest BCUT2D eigenvalue weighted by Gasteiger charge is 2.33. The Hall–Kier alpha value is -1.98. The predicted molar refractivity (Wildman–Crippen MR) is 116 cm³/mol. The van der Waals surface area contributed by atoms with E-state index in [1.54, 1.807) is 13.8 Å². The van der Waals surface area contributed by atoms with E-state index in [2.05, 4.69) is 20.6 Å². The van der Waals surface area contributed by atoms with Gasteiger partial charge in [0, 0.05) is 13.6 Å². The van der Waals surface area contributed by atoms with Crippen LogP contribution in [0.25, 0.3) is 0 Å². The molecule has 0 bridgehead atoms. The number of aliphatic imine (C=N–C) groups is 1. The van der Waals surface area contributed by atoms with E-state index < -0.39 is 11.7 Å². The van der Waals surface area contributed by atoms with Crippen molar-refractivity contribution in [3.63, 3.8) is 0 Å². The third kappa shape index (κ3) is 7.41. The van der Waals surface area contributed by atoms with E-state index in [0.717, 1.165) is 17.5 Å². The van der Waals surface area contributed by atoms with Gasteiger partial charge in [0.15, 0.2) is 5.96 Å². The summed E-state index contributed by atoms with van der Waals surface area (Å²) in [4.78, 5) is 8.26. The Bertz CT molecular complexity index is 816. The van der Waals surface area contributed by atoms with Crippen molar-refractivity contribution >= 4 is 29.9 Å². The van der Waals surface area contributed by atoms with Gasteiger partial charge < -0.3 is 19.8 Å². The van der Waals surface area contributed by atoms with Crippen molar-refractivity contribution in [3.05, 3.63) is 46.7 Å². The second-order valence-corrected chi connectivity index (χ2v) is 6.51. The molecular weight excluding hydrogens is 500 g/mol. The summed E-state index contributed by atoms with van der Waals surface area (Å²) in [5.74, 6) is 1.72. The molecular formula is C19H26F3IN4O2. The highest BCUT2D eigenvalue weighted by atomic mass is 127. The number of hydrogen-bond donors (Lipinski definition) is 2. The summed E-state index contributed by atoms with van der Waals surface area (Å²) in [6.45, 7) is 7.37. The number of benzene rings is 1. The Labute approximate surface area is 185 Å². The molecule has 0 spiro atoms. The number of aromatic nitrogens is 1. The largest absolute Gasteiger partial charge is 0.491 e. The zero-order valence-electron chi connectivity index (χ0n) is 17.0. The number of oxazole rings is 1. The summed E-state index contributed by atoms with van der Waals surface area (Å²) >= 11 is 0. The molecule has 0 saturated heterocycles. The van der Waals surface area contributed by atoms with Crippen LogP contribution >= 0.6 is 24.0 Å². The maximum atomic E-state index is 13.4. The van der Waals surface area contributed by atoms with Crippen LogP contribution < -0.4 is 15.4 Å². The van der Waals surface area contributed by atoms with Crippen molar-refractivity contribution in [2.45, 2.75) is 53.1 Å². The van der Waals surface area contributed by atoms with Gasteiger partial charge in [-0.05, 0) is 45.4 Å². The van der Waals surface area contributed by atoms with E-state index in [1.807, 2.05) is 13.8 Å². The molecule has 1 heterocycles. The summed E-state index contributed by atoms with van der Waals surface area (Å²) in [6.07, 6.45) is -4.70. The number of nitrogens with zero attached hydrogens (tertiary/aromatic N) is 2. The molecule has 2 aromatic rings. The quantitative estimate of drug-likeness (QED) is 0.328. The van der Waals surface area contributed by atoms with Crippen molar-refractivity contribution in [2.75, 3.05) is 7.05 Å². The minimum absolute atomic E-state index is 0. The van der Waals surface area contributed by atoms with Crippen LogP contribution in [0.4, 0.5) is 13.2 Å². The Morgan fingerprint density at radius 2 is 1.86 bits per heavy atom. The zero-order chi connectivity index (χ0) is 20.9. The van der Waals surface area contributed by atoms with Gasteiger partial charge in [-0.3, -0.25) is 4.99 Å². The molecule has 1 aromatic carbocycles. The molecule has 0 saturated carbocycles. The fourth-order valence-electron chi connectivity index (χ4n) is 2.49. The molecule has 0 radical (unpaired) electrons. The third-order valence-electron chi connectivity index (χ3n) is 3.91. The average molecular weight is 526 g/mol. The van der Waals surface area contributed by atoms with Gasteiger partial charge in [-0.15, -0.1) is 24.0 Å². The lowest BCUT2D eigenvalue weighted by Crippen LogP contribution is -2.36. The first-order valence-corrected chi connectivity index (χ1v) is 8.84. The lowest BCUT2D eigenvalue weighted by atomic mass is 10.1. The standard InChI is InChI=1S/C19H25F3N4O2.HI/c1-11(2)27-15-7-6-14(16(8-15)19(20,21)22)9-24-18(23-5)25-10-17-26-12(3)13(4)28-17;/h6-8,11H,9-10H2,1-5H3,(H2,23,24,25);1H. The monoisotopic (exact) mass is 526 g/mol. The van der Waals surface area contributed by atoms with Gasteiger partial charge in [-0.25, -0.2) is 4.98 Å². The number of hydrogen-bond acceptors (Lipinski definition) is 4. The Morgan fingerprint density at radius 1 is 1.21 bits per heavy atom. The maximum absolute atomic E-state index is 13.4. The van der Waals surface area contributed by atoms with Crippen LogP contribution in [-0.2, 0) is 19.3 Å². The summed E-state index contributed by atoms with van der Waals surface area (Å²) < 4.78 is 51.1. The second-order valence-electron chi connectivity index (χ2n) is 6.51. The fourth-order valence-corrected chi connectivity index (χ4v) is 2.49. The molecule has 10 heteroatoms. The molecule has 0 aliphatic rings. The minimum Gasteiger partial charge on any atom is -0.491 e. The number of alkyl halides is 3. The van der Waals surface area contributed by atoms with E-state index in [1.165, 1.54) is 19.2 Å². The average Bonchev–Trinajstić information content (AvgIpc) is 2.92. The predicted octanol–water partition coefficient (Wildman–Crippen LogP) is 4.58. The normalized spacial score (nSPS) is 12.0. The molecule has 0 atom stereocenters. The van der Waals surface area contributed by atoms with E-state index in [0.29, 0.717) is 11.9 Å². The van der Waals surface area contributed by atoms with Crippen molar-refractivity contribution in [3.8, 4) is 5.75 Å². The van der Waals surface area contributed by atoms with E-state index in [9.17, 15) is 13.2 Å². The van der Waals surface area contributed by atoms with Crippen LogP contribution in [0, 0.1) is 13.8 Å². The number of aryl methyl sites for hydroxylation is 2. The molecule has 1 aromatic heterocycles. The third-order valence-corrected chi connectivity index (χ3v) is 3.91. The van der Waals surface area contributed by atoms with Crippen molar-refractivity contribution in [1.29, 1.82) is 0 Å². The van der Waals surface area contributed by atoms with Gasteiger partial charge in [0.25, 0.3) is 0 Å². The SMILES string of the molecule is CN=C(NCc1nc(C)c(C)o1)NCc1ccc(OC(C)C)cc1C(F)(F)F.I. The first-order valence-electron chi connectivity index (χ1n) is 8.84. The Morgan fingerprint density at radius 3 is 2.38 bits per heavy atom. The molecule has 0 amide bonds. The molecule has 2 rings (SSSR count). The minimum atomic E-state index is -4.49. The highest BCUT2D eigenvalue weighted by molar-refractivity contribution is 14.0. The number of rotatable bonds is 6.